The molecule has 0 unspecified atom stereocenters. The molecule has 2 rings (SSSR count). The Labute approximate surface area is 108 Å². The van der Waals surface area contributed by atoms with E-state index >= 15 is 0 Å². The summed E-state index contributed by atoms with van der Waals surface area (Å²) in [5.74, 6) is 0. The van der Waals surface area contributed by atoms with Crippen LogP contribution in [0.3, 0.4) is 0 Å². The summed E-state index contributed by atoms with van der Waals surface area (Å²) < 4.78 is 8.82. The van der Waals surface area contributed by atoms with Crippen LogP contribution in [0.4, 0.5) is 0 Å². The molecule has 0 spiro atoms. The molecule has 0 saturated carbocycles. The minimum atomic E-state index is -2.78. The second kappa shape index (κ2) is 4.03. The van der Waals surface area contributed by atoms with Crippen LogP contribution >= 0.6 is 0 Å². The SMILES string of the molecule is CC1=C(C)C(C)=[C]([Zr]([CH3])([CH3])(=[SiH2])[C]2=CC=CC2)C1. The predicted octanol–water partition coefficient (Wildman–Crippen LogP) is 4.18. The Morgan fingerprint density at radius 3 is 2.18 bits per heavy atom. The molecule has 0 N–H and O–H groups in total. The molecule has 0 atom stereocenters. The van der Waals surface area contributed by atoms with E-state index < -0.39 is 17.4 Å². The van der Waals surface area contributed by atoms with E-state index in [1.807, 2.05) is 3.28 Å². The fourth-order valence-corrected chi connectivity index (χ4v) is 16.9. The molecule has 0 bridgehead atoms. The molecule has 0 aromatic carbocycles. The summed E-state index contributed by atoms with van der Waals surface area (Å²) in [6, 6.07) is 0. The minimum absolute atomic E-state index is 1.20. The van der Waals surface area contributed by atoms with Gasteiger partial charge in [0.05, 0.1) is 0 Å². The monoisotopic (exact) mass is 322 g/mol. The fourth-order valence-electron chi connectivity index (χ4n) is 3.20. The van der Waals surface area contributed by atoms with Gasteiger partial charge in [0.15, 0.2) is 0 Å². The quantitative estimate of drug-likeness (QED) is 0.669. The zero-order valence-corrected chi connectivity index (χ0v) is 15.7. The average molecular weight is 324 g/mol. The van der Waals surface area contributed by atoms with Crippen LogP contribution in [0.25, 0.3) is 0 Å². The molecular weight excluding hydrogens is 299 g/mol. The van der Waals surface area contributed by atoms with Gasteiger partial charge < -0.3 is 0 Å². The maximum absolute atomic E-state index is 2.78. The van der Waals surface area contributed by atoms with Gasteiger partial charge in [-0.2, -0.15) is 0 Å². The van der Waals surface area contributed by atoms with E-state index in [4.69, 9.17) is 0 Å². The summed E-state index contributed by atoms with van der Waals surface area (Å²) in [6.45, 7) is 9.31. The fraction of sp³-hybridized carbons (Fsp3) is 0.467. The normalized spacial score (nSPS) is 21.6. The van der Waals surface area contributed by atoms with Crippen LogP contribution in [0.1, 0.15) is 33.6 Å². The summed E-state index contributed by atoms with van der Waals surface area (Å²) in [4.78, 5) is 0. The molecule has 0 radical (unpaired) electrons. The van der Waals surface area contributed by atoms with Crippen LogP contribution < -0.4 is 0 Å². The van der Waals surface area contributed by atoms with Crippen LogP contribution in [0.5, 0.6) is 0 Å². The first-order valence-electron chi connectivity index (χ1n) is 6.53. The van der Waals surface area contributed by atoms with Gasteiger partial charge in [0.25, 0.3) is 0 Å². The van der Waals surface area contributed by atoms with Crippen molar-refractivity contribution in [2.45, 2.75) is 42.9 Å². The first kappa shape index (κ1) is 13.5. The third-order valence-corrected chi connectivity index (χ3v) is 22.2. The molecule has 0 saturated heterocycles. The van der Waals surface area contributed by atoms with E-state index in [0.29, 0.717) is 0 Å². The molecule has 92 valence electrons. The van der Waals surface area contributed by atoms with Crippen molar-refractivity contribution in [3.63, 3.8) is 0 Å². The topological polar surface area (TPSA) is 0 Å². The molecule has 0 heterocycles. The van der Waals surface area contributed by atoms with Crippen LogP contribution in [0.15, 0.2) is 41.5 Å². The van der Waals surface area contributed by atoms with Gasteiger partial charge in [-0.05, 0) is 0 Å². The molecule has 0 nitrogen and oxygen atoms in total. The Kier molecular flexibility index (Phi) is 3.20. The van der Waals surface area contributed by atoms with Crippen LogP contribution in [0, 0.1) is 0 Å². The Hall–Kier alpha value is 0.0600. The first-order chi connectivity index (χ1) is 7.72. The van der Waals surface area contributed by atoms with E-state index in [0.717, 1.165) is 0 Å². The zero-order valence-electron chi connectivity index (χ0n) is 11.9. The predicted molar refractivity (Wildman–Crippen MR) is 77.8 cm³/mol. The van der Waals surface area contributed by atoms with Crippen LogP contribution in [-0.4, -0.2) is 6.88 Å². The van der Waals surface area contributed by atoms with Crippen LogP contribution in [-0.2, 0) is 17.4 Å². The zero-order chi connectivity index (χ0) is 12.9. The summed E-state index contributed by atoms with van der Waals surface area (Å²) >= 11 is -2.78. The number of rotatable bonds is 2. The summed E-state index contributed by atoms with van der Waals surface area (Å²) in [5.41, 5.74) is 4.77. The van der Waals surface area contributed by atoms with Crippen molar-refractivity contribution in [2.75, 3.05) is 0 Å². The molecule has 2 aliphatic carbocycles. The molecule has 2 heteroatoms. The third kappa shape index (κ3) is 2.08. The van der Waals surface area contributed by atoms with E-state index in [-0.39, 0.29) is 0 Å². The van der Waals surface area contributed by atoms with E-state index in [1.54, 1.807) is 20.0 Å². The second-order valence-electron chi connectivity index (χ2n) is 6.70. The maximum atomic E-state index is 2.61. The Balaban J connectivity index is 2.53. The van der Waals surface area contributed by atoms with Gasteiger partial charge in [0.1, 0.15) is 0 Å². The van der Waals surface area contributed by atoms with Crippen molar-refractivity contribution in [2.24, 2.45) is 0 Å². The average Bonchev–Trinajstić information content (AvgIpc) is 2.83. The van der Waals surface area contributed by atoms with Crippen molar-refractivity contribution in [3.05, 3.63) is 41.5 Å². The van der Waals surface area contributed by atoms with E-state index in [1.165, 1.54) is 12.8 Å². The van der Waals surface area contributed by atoms with Crippen LogP contribution in [0.2, 0.25) is 9.26 Å². The molecule has 17 heavy (non-hydrogen) atoms. The van der Waals surface area contributed by atoms with Crippen molar-refractivity contribution in [1.29, 1.82) is 0 Å². The molecule has 2 aliphatic rings. The van der Waals surface area contributed by atoms with E-state index in [9.17, 15) is 0 Å². The molecule has 0 fully saturated rings. The number of hydrogen-bond donors (Lipinski definition) is 0. The Morgan fingerprint density at radius 1 is 1.12 bits per heavy atom. The van der Waals surface area contributed by atoms with Gasteiger partial charge >= 0.3 is 109 Å². The van der Waals surface area contributed by atoms with E-state index in [2.05, 4.69) is 55.1 Å². The van der Waals surface area contributed by atoms with Gasteiger partial charge in [-0.1, -0.05) is 0 Å². The number of hydrogen-bond acceptors (Lipinski definition) is 0. The van der Waals surface area contributed by atoms with Gasteiger partial charge in [0, 0.05) is 0 Å². The van der Waals surface area contributed by atoms with Crippen molar-refractivity contribution < 1.29 is 17.4 Å². The summed E-state index contributed by atoms with van der Waals surface area (Å²) in [7, 11) is 0. The Morgan fingerprint density at radius 2 is 1.76 bits per heavy atom. The standard InChI is InChI=1S/C8H11.C5H5.2CH3.H2Si.Zr/c1-6-4-5-7(2)8(6)3;1-2-4-5-3-1;;;;/h4H2,1-3H3;1-3H,4H2;2*1H3;1H2;. The third-order valence-electron chi connectivity index (χ3n) is 4.87. The van der Waals surface area contributed by atoms with Gasteiger partial charge in [-0.15, -0.1) is 0 Å². The van der Waals surface area contributed by atoms with Crippen molar-refractivity contribution in [1.82, 2.24) is 0 Å². The van der Waals surface area contributed by atoms with Crippen molar-refractivity contribution in [3.8, 4) is 0 Å². The molecule has 0 aromatic rings. The summed E-state index contributed by atoms with van der Waals surface area (Å²) in [5, 5.41) is 0. The molecular formula is C15H24SiZr. The van der Waals surface area contributed by atoms with Gasteiger partial charge in [0.2, 0.25) is 0 Å². The molecule has 0 amide bonds. The second-order valence-corrected chi connectivity index (χ2v) is 35.5. The summed E-state index contributed by atoms with van der Waals surface area (Å²) in [6.07, 6.45) is 9.43. The molecule has 0 aromatic heterocycles. The number of allylic oxidation sites excluding steroid dienone is 8. The van der Waals surface area contributed by atoms with Gasteiger partial charge in [-0.3, -0.25) is 0 Å². The molecule has 0 aliphatic heterocycles. The van der Waals surface area contributed by atoms with Gasteiger partial charge in [-0.25, -0.2) is 0 Å². The first-order valence-corrected chi connectivity index (χ1v) is 19.8. The van der Waals surface area contributed by atoms with Crippen molar-refractivity contribution >= 4 is 6.88 Å². The Bertz CT molecular complexity index is 562.